The van der Waals surface area contributed by atoms with E-state index in [1.807, 2.05) is 32.9 Å². The quantitative estimate of drug-likeness (QED) is 0.643. The Hall–Kier alpha value is -2.63. The van der Waals surface area contributed by atoms with E-state index in [0.29, 0.717) is 12.8 Å². The van der Waals surface area contributed by atoms with E-state index in [2.05, 4.69) is 38.5 Å². The molecule has 0 aliphatic carbocycles. The molecule has 132 valence electrons. The number of carbonyl (C=O) groups is 1. The third-order valence-electron chi connectivity index (χ3n) is 4.67. The Bertz CT molecular complexity index is 892. The van der Waals surface area contributed by atoms with Crippen LogP contribution in [0.2, 0.25) is 0 Å². The van der Waals surface area contributed by atoms with Gasteiger partial charge in [0.1, 0.15) is 5.82 Å². The highest BCUT2D eigenvalue weighted by molar-refractivity contribution is 5.78. The lowest BCUT2D eigenvalue weighted by molar-refractivity contribution is -0.121. The molecule has 3 aromatic rings. The molecule has 1 amide bonds. The highest BCUT2D eigenvalue weighted by Crippen LogP contribution is 2.20. The van der Waals surface area contributed by atoms with Gasteiger partial charge < -0.3 is 10.3 Å². The van der Waals surface area contributed by atoms with Crippen molar-refractivity contribution in [3.05, 3.63) is 46.5 Å². The molecule has 0 bridgehead atoms. The summed E-state index contributed by atoms with van der Waals surface area (Å²) in [6, 6.07) is 6.01. The van der Waals surface area contributed by atoms with Gasteiger partial charge in [0.05, 0.1) is 22.8 Å². The number of H-pyrrole nitrogens is 2. The minimum atomic E-state index is -0.109. The first kappa shape index (κ1) is 17.2. The van der Waals surface area contributed by atoms with E-state index in [1.165, 1.54) is 5.56 Å². The zero-order valence-electron chi connectivity index (χ0n) is 15.2. The normalized spacial score (nSPS) is 12.5. The standard InChI is InChI=1S/C19H25N5O/c1-5-14(19-21-16-7-6-11(2)10-17(16)22-19)20-18(25)9-8-15-12(3)13(4)23-24-15/h6-7,10,14H,5,8-9H2,1-4H3,(H,20,25)(H,21,22)(H,23,24). The number of hydrogen-bond donors (Lipinski definition) is 3. The van der Waals surface area contributed by atoms with Crippen LogP contribution < -0.4 is 5.32 Å². The summed E-state index contributed by atoms with van der Waals surface area (Å²) in [6.45, 7) is 8.11. The Morgan fingerprint density at radius 3 is 2.76 bits per heavy atom. The molecule has 3 N–H and O–H groups in total. The Morgan fingerprint density at radius 2 is 2.08 bits per heavy atom. The summed E-state index contributed by atoms with van der Waals surface area (Å²) in [5, 5.41) is 10.3. The minimum Gasteiger partial charge on any atom is -0.346 e. The maximum Gasteiger partial charge on any atom is 0.220 e. The number of carbonyl (C=O) groups excluding carboxylic acids is 1. The maximum atomic E-state index is 12.4. The molecule has 1 atom stereocenters. The van der Waals surface area contributed by atoms with E-state index >= 15 is 0 Å². The van der Waals surface area contributed by atoms with Crippen molar-refractivity contribution >= 4 is 16.9 Å². The van der Waals surface area contributed by atoms with Crippen LogP contribution in [0.4, 0.5) is 0 Å². The van der Waals surface area contributed by atoms with Crippen LogP contribution in [0.15, 0.2) is 18.2 Å². The van der Waals surface area contributed by atoms with Crippen molar-refractivity contribution in [1.29, 1.82) is 0 Å². The number of aryl methyl sites for hydroxylation is 3. The lowest BCUT2D eigenvalue weighted by atomic mass is 10.1. The summed E-state index contributed by atoms with van der Waals surface area (Å²) in [4.78, 5) is 20.3. The Labute approximate surface area is 147 Å². The third-order valence-corrected chi connectivity index (χ3v) is 4.67. The van der Waals surface area contributed by atoms with E-state index in [9.17, 15) is 4.79 Å². The summed E-state index contributed by atoms with van der Waals surface area (Å²) in [7, 11) is 0. The van der Waals surface area contributed by atoms with Gasteiger partial charge in [-0.15, -0.1) is 0 Å². The van der Waals surface area contributed by atoms with Gasteiger partial charge >= 0.3 is 0 Å². The molecule has 0 saturated heterocycles. The van der Waals surface area contributed by atoms with Gasteiger partial charge in [-0.05, 0) is 50.5 Å². The fraction of sp³-hybridized carbons (Fsp3) is 0.421. The van der Waals surface area contributed by atoms with Crippen molar-refractivity contribution in [3.8, 4) is 0 Å². The number of benzene rings is 1. The first-order chi connectivity index (χ1) is 12.0. The van der Waals surface area contributed by atoms with Crippen LogP contribution in [0.3, 0.4) is 0 Å². The van der Waals surface area contributed by atoms with Gasteiger partial charge in [-0.1, -0.05) is 13.0 Å². The SMILES string of the molecule is CCC(NC(=O)CCc1n[nH]c(C)c1C)c1nc2ccc(C)cc2[nH]1. The van der Waals surface area contributed by atoms with Crippen LogP contribution in [-0.4, -0.2) is 26.1 Å². The number of amides is 1. The molecule has 0 radical (unpaired) electrons. The molecule has 1 aromatic carbocycles. The van der Waals surface area contributed by atoms with Crippen LogP contribution in [-0.2, 0) is 11.2 Å². The molecule has 1 unspecified atom stereocenters. The van der Waals surface area contributed by atoms with Gasteiger partial charge in [0.15, 0.2) is 0 Å². The van der Waals surface area contributed by atoms with E-state index < -0.39 is 0 Å². The fourth-order valence-electron chi connectivity index (χ4n) is 2.95. The topological polar surface area (TPSA) is 86.5 Å². The molecule has 0 aliphatic rings. The number of aromatic amines is 2. The van der Waals surface area contributed by atoms with Gasteiger partial charge in [0.25, 0.3) is 0 Å². The molecule has 25 heavy (non-hydrogen) atoms. The monoisotopic (exact) mass is 339 g/mol. The van der Waals surface area contributed by atoms with Crippen LogP contribution in [0, 0.1) is 20.8 Å². The van der Waals surface area contributed by atoms with Gasteiger partial charge in [0.2, 0.25) is 5.91 Å². The Morgan fingerprint density at radius 1 is 1.28 bits per heavy atom. The Balaban J connectivity index is 1.66. The number of nitrogens with one attached hydrogen (secondary N) is 3. The average molecular weight is 339 g/mol. The van der Waals surface area contributed by atoms with Crippen LogP contribution in [0.5, 0.6) is 0 Å². The summed E-state index contributed by atoms with van der Waals surface area (Å²) in [6.07, 6.45) is 1.84. The Kier molecular flexibility index (Phi) is 4.88. The number of imidazole rings is 1. The van der Waals surface area contributed by atoms with Crippen molar-refractivity contribution in [3.63, 3.8) is 0 Å². The molecule has 2 heterocycles. The largest absolute Gasteiger partial charge is 0.346 e. The van der Waals surface area contributed by atoms with Gasteiger partial charge in [0, 0.05) is 18.5 Å². The van der Waals surface area contributed by atoms with Crippen molar-refractivity contribution in [2.45, 2.75) is 53.0 Å². The molecule has 0 spiro atoms. The van der Waals surface area contributed by atoms with Gasteiger partial charge in [-0.25, -0.2) is 4.98 Å². The minimum absolute atomic E-state index is 0.0172. The highest BCUT2D eigenvalue weighted by atomic mass is 16.1. The van der Waals surface area contributed by atoms with E-state index in [0.717, 1.165) is 40.2 Å². The van der Waals surface area contributed by atoms with Gasteiger partial charge in [-0.2, -0.15) is 5.10 Å². The molecule has 0 aliphatic heterocycles. The average Bonchev–Trinajstić information content (AvgIpc) is 3.14. The first-order valence-corrected chi connectivity index (χ1v) is 8.74. The maximum absolute atomic E-state index is 12.4. The number of aromatic nitrogens is 4. The van der Waals surface area contributed by atoms with Crippen molar-refractivity contribution in [2.24, 2.45) is 0 Å². The van der Waals surface area contributed by atoms with Crippen molar-refractivity contribution in [2.75, 3.05) is 0 Å². The molecular formula is C19H25N5O. The molecule has 0 fully saturated rings. The number of rotatable bonds is 6. The lowest BCUT2D eigenvalue weighted by Crippen LogP contribution is -2.29. The lowest BCUT2D eigenvalue weighted by Gasteiger charge is -2.14. The molecule has 0 saturated carbocycles. The summed E-state index contributed by atoms with van der Waals surface area (Å²) >= 11 is 0. The predicted molar refractivity (Wildman–Crippen MR) is 98.4 cm³/mol. The van der Waals surface area contributed by atoms with Crippen LogP contribution in [0.1, 0.15) is 54.1 Å². The number of hydrogen-bond acceptors (Lipinski definition) is 3. The van der Waals surface area contributed by atoms with E-state index in [1.54, 1.807) is 0 Å². The second-order valence-corrected chi connectivity index (χ2v) is 6.59. The van der Waals surface area contributed by atoms with Crippen molar-refractivity contribution < 1.29 is 4.79 Å². The smallest absolute Gasteiger partial charge is 0.220 e. The number of fused-ring (bicyclic) bond motifs is 1. The van der Waals surface area contributed by atoms with Crippen LogP contribution in [0.25, 0.3) is 11.0 Å². The number of nitrogens with zero attached hydrogens (tertiary/aromatic N) is 2. The predicted octanol–water partition coefficient (Wildman–Crippen LogP) is 3.41. The molecule has 2 aromatic heterocycles. The fourth-order valence-corrected chi connectivity index (χ4v) is 2.95. The second kappa shape index (κ2) is 7.09. The summed E-state index contributed by atoms with van der Waals surface area (Å²) in [5.41, 5.74) is 6.26. The second-order valence-electron chi connectivity index (χ2n) is 6.59. The van der Waals surface area contributed by atoms with Crippen LogP contribution >= 0.6 is 0 Å². The van der Waals surface area contributed by atoms with Gasteiger partial charge in [-0.3, -0.25) is 9.89 Å². The summed E-state index contributed by atoms with van der Waals surface area (Å²) < 4.78 is 0. The molecular weight excluding hydrogens is 314 g/mol. The zero-order valence-corrected chi connectivity index (χ0v) is 15.2. The highest BCUT2D eigenvalue weighted by Gasteiger charge is 2.17. The zero-order chi connectivity index (χ0) is 18.0. The molecule has 6 nitrogen and oxygen atoms in total. The van der Waals surface area contributed by atoms with E-state index in [-0.39, 0.29) is 11.9 Å². The molecule has 6 heteroatoms. The summed E-state index contributed by atoms with van der Waals surface area (Å²) in [5.74, 6) is 0.826. The third kappa shape index (κ3) is 3.73. The van der Waals surface area contributed by atoms with E-state index in [4.69, 9.17) is 0 Å². The van der Waals surface area contributed by atoms with Crippen molar-refractivity contribution in [1.82, 2.24) is 25.5 Å². The first-order valence-electron chi connectivity index (χ1n) is 8.74. The molecule has 3 rings (SSSR count).